The lowest BCUT2D eigenvalue weighted by molar-refractivity contribution is 0.151. The van der Waals surface area contributed by atoms with Gasteiger partial charge in [-0.25, -0.2) is 13.2 Å². The van der Waals surface area contributed by atoms with E-state index in [1.807, 2.05) is 18.2 Å². The summed E-state index contributed by atoms with van der Waals surface area (Å²) in [6.07, 6.45) is -2.48. The maximum Gasteiger partial charge on any atom is 0.263 e. The van der Waals surface area contributed by atoms with Gasteiger partial charge in [0.15, 0.2) is 0 Å². The Morgan fingerprint density at radius 1 is 0.650 bits per heavy atom. The quantitative estimate of drug-likeness (QED) is 0.571. The van der Waals surface area contributed by atoms with Crippen molar-refractivity contribution in [1.29, 1.82) is 0 Å². The van der Waals surface area contributed by atoms with Crippen LogP contribution in [0.4, 0.5) is 13.2 Å². The van der Waals surface area contributed by atoms with Crippen LogP contribution in [0.25, 0.3) is 21.9 Å². The zero-order valence-corrected chi connectivity index (χ0v) is 10.5. The lowest BCUT2D eigenvalue weighted by Gasteiger charge is -2.06. The fraction of sp³-hybridized carbons (Fsp3) is 0.0588. The number of rotatable bonds is 2. The van der Waals surface area contributed by atoms with Crippen molar-refractivity contribution in [1.82, 2.24) is 0 Å². The van der Waals surface area contributed by atoms with Crippen LogP contribution in [-0.2, 0) is 0 Å². The van der Waals surface area contributed by atoms with Crippen LogP contribution in [0, 0.1) is 5.82 Å². The summed E-state index contributed by atoms with van der Waals surface area (Å²) in [7, 11) is 0. The Hall–Kier alpha value is -2.29. The first-order chi connectivity index (χ1) is 9.63. The minimum atomic E-state index is -2.48. The smallest absolute Gasteiger partial charge is 0.207 e. The van der Waals surface area contributed by atoms with Crippen LogP contribution < -0.4 is 0 Å². The molecule has 0 aromatic heterocycles. The molecule has 0 spiro atoms. The molecule has 0 atom stereocenters. The molecule has 20 heavy (non-hydrogen) atoms. The summed E-state index contributed by atoms with van der Waals surface area (Å²) in [5.41, 5.74) is 1.74. The van der Waals surface area contributed by atoms with E-state index in [0.29, 0.717) is 0 Å². The third-order valence-corrected chi connectivity index (χ3v) is 3.29. The van der Waals surface area contributed by atoms with Gasteiger partial charge in [0.25, 0.3) is 6.43 Å². The molecule has 3 heteroatoms. The molecular formula is C17H11F3. The highest BCUT2D eigenvalue weighted by atomic mass is 19.3. The van der Waals surface area contributed by atoms with Crippen molar-refractivity contribution in [3.05, 3.63) is 72.0 Å². The summed E-state index contributed by atoms with van der Waals surface area (Å²) in [5.74, 6) is -0.297. The Balaban J connectivity index is 2.11. The highest BCUT2D eigenvalue weighted by Crippen LogP contribution is 2.28. The predicted molar refractivity (Wildman–Crippen MR) is 74.3 cm³/mol. The molecule has 3 aromatic carbocycles. The summed E-state index contributed by atoms with van der Waals surface area (Å²) in [5, 5.41) is 1.66. The van der Waals surface area contributed by atoms with Gasteiger partial charge in [-0.05, 0) is 46.2 Å². The summed E-state index contributed by atoms with van der Waals surface area (Å²) in [4.78, 5) is 0. The van der Waals surface area contributed by atoms with Crippen molar-refractivity contribution in [3.63, 3.8) is 0 Å². The van der Waals surface area contributed by atoms with E-state index in [0.717, 1.165) is 21.9 Å². The summed E-state index contributed by atoms with van der Waals surface area (Å²) in [6, 6.07) is 16.4. The van der Waals surface area contributed by atoms with Gasteiger partial charge in [0.1, 0.15) is 5.82 Å². The van der Waals surface area contributed by atoms with Gasteiger partial charge in [0.2, 0.25) is 0 Å². The largest absolute Gasteiger partial charge is 0.263 e. The monoisotopic (exact) mass is 272 g/mol. The first-order valence-corrected chi connectivity index (χ1v) is 6.21. The van der Waals surface area contributed by atoms with E-state index in [9.17, 15) is 13.2 Å². The highest BCUT2D eigenvalue weighted by Gasteiger charge is 2.08. The van der Waals surface area contributed by atoms with Gasteiger partial charge in [0.05, 0.1) is 0 Å². The van der Waals surface area contributed by atoms with E-state index in [1.165, 1.54) is 24.3 Å². The summed E-state index contributed by atoms with van der Waals surface area (Å²) < 4.78 is 38.4. The van der Waals surface area contributed by atoms with Gasteiger partial charge in [-0.2, -0.15) is 0 Å². The van der Waals surface area contributed by atoms with E-state index in [-0.39, 0.29) is 11.4 Å². The van der Waals surface area contributed by atoms with Gasteiger partial charge in [0, 0.05) is 5.56 Å². The Bertz CT molecular complexity index is 746. The second-order valence-corrected chi connectivity index (χ2v) is 4.63. The molecule has 0 amide bonds. The van der Waals surface area contributed by atoms with Crippen molar-refractivity contribution in [2.24, 2.45) is 0 Å². The molecule has 0 radical (unpaired) electrons. The van der Waals surface area contributed by atoms with Crippen molar-refractivity contribution in [2.45, 2.75) is 6.43 Å². The van der Waals surface area contributed by atoms with E-state index in [2.05, 4.69) is 0 Å². The third kappa shape index (κ3) is 2.39. The second-order valence-electron chi connectivity index (χ2n) is 4.63. The number of halogens is 3. The molecule has 0 aliphatic carbocycles. The lowest BCUT2D eigenvalue weighted by atomic mass is 10.00. The first kappa shape index (κ1) is 12.7. The average Bonchev–Trinajstić information content (AvgIpc) is 2.47. The van der Waals surface area contributed by atoms with E-state index in [4.69, 9.17) is 0 Å². The van der Waals surface area contributed by atoms with Gasteiger partial charge in [-0.15, -0.1) is 0 Å². The van der Waals surface area contributed by atoms with Crippen molar-refractivity contribution in [3.8, 4) is 11.1 Å². The van der Waals surface area contributed by atoms with Crippen LogP contribution in [0.3, 0.4) is 0 Å². The molecule has 3 aromatic rings. The minimum absolute atomic E-state index is 0.00811. The van der Waals surface area contributed by atoms with Crippen molar-refractivity contribution >= 4 is 10.8 Å². The maximum absolute atomic E-state index is 12.9. The standard InChI is InChI=1S/C17H11F3/c18-16-7-5-11(6-8-16)13-3-1-12-2-4-14(17(19)20)10-15(12)9-13/h1-10,17H. The highest BCUT2D eigenvalue weighted by molar-refractivity contribution is 5.87. The molecule has 3 rings (SSSR count). The molecule has 0 saturated carbocycles. The predicted octanol–water partition coefficient (Wildman–Crippen LogP) is 5.58. The first-order valence-electron chi connectivity index (χ1n) is 6.21. The molecule has 0 nitrogen and oxygen atoms in total. The minimum Gasteiger partial charge on any atom is -0.207 e. The molecule has 0 unspecified atom stereocenters. The molecule has 0 N–H and O–H groups in total. The number of alkyl halides is 2. The third-order valence-electron chi connectivity index (χ3n) is 3.29. The van der Waals surface area contributed by atoms with Crippen LogP contribution in [0.2, 0.25) is 0 Å². The Morgan fingerprint density at radius 2 is 1.30 bits per heavy atom. The molecule has 0 aliphatic rings. The van der Waals surface area contributed by atoms with Crippen LogP contribution in [0.5, 0.6) is 0 Å². The zero-order chi connectivity index (χ0) is 14.1. The van der Waals surface area contributed by atoms with Crippen molar-refractivity contribution < 1.29 is 13.2 Å². The number of hydrogen-bond acceptors (Lipinski definition) is 0. The molecular weight excluding hydrogens is 261 g/mol. The molecule has 0 fully saturated rings. The second kappa shape index (κ2) is 5.00. The van der Waals surface area contributed by atoms with Crippen molar-refractivity contribution in [2.75, 3.05) is 0 Å². The van der Waals surface area contributed by atoms with Crippen LogP contribution >= 0.6 is 0 Å². The fourth-order valence-corrected chi connectivity index (χ4v) is 2.22. The van der Waals surface area contributed by atoms with Gasteiger partial charge < -0.3 is 0 Å². The number of fused-ring (bicyclic) bond motifs is 1. The molecule has 0 bridgehead atoms. The molecule has 0 aliphatic heterocycles. The number of hydrogen-bond donors (Lipinski definition) is 0. The van der Waals surface area contributed by atoms with E-state index < -0.39 is 6.43 Å². The summed E-state index contributed by atoms with van der Waals surface area (Å²) >= 11 is 0. The molecule has 0 saturated heterocycles. The van der Waals surface area contributed by atoms with Crippen LogP contribution in [0.1, 0.15) is 12.0 Å². The summed E-state index contributed by atoms with van der Waals surface area (Å²) in [6.45, 7) is 0. The topological polar surface area (TPSA) is 0 Å². The Labute approximate surface area is 114 Å². The Kier molecular flexibility index (Phi) is 3.18. The average molecular weight is 272 g/mol. The van der Waals surface area contributed by atoms with Gasteiger partial charge >= 0.3 is 0 Å². The molecule has 0 heterocycles. The van der Waals surface area contributed by atoms with Gasteiger partial charge in [-0.3, -0.25) is 0 Å². The number of benzene rings is 3. The molecule has 100 valence electrons. The van der Waals surface area contributed by atoms with Crippen LogP contribution in [-0.4, -0.2) is 0 Å². The van der Waals surface area contributed by atoms with Gasteiger partial charge in [-0.1, -0.05) is 36.4 Å². The maximum atomic E-state index is 12.9. The lowest BCUT2D eigenvalue weighted by Crippen LogP contribution is -1.85. The fourth-order valence-electron chi connectivity index (χ4n) is 2.22. The normalized spacial score (nSPS) is 11.2. The van der Waals surface area contributed by atoms with Crippen LogP contribution in [0.15, 0.2) is 60.7 Å². The van der Waals surface area contributed by atoms with E-state index >= 15 is 0 Å². The van der Waals surface area contributed by atoms with E-state index in [1.54, 1.807) is 18.2 Å². The Morgan fingerprint density at radius 3 is 2.00 bits per heavy atom. The zero-order valence-electron chi connectivity index (χ0n) is 10.5. The SMILES string of the molecule is Fc1ccc(-c2ccc3ccc(C(F)F)cc3c2)cc1.